The molecule has 0 saturated heterocycles. The van der Waals surface area contributed by atoms with Crippen molar-refractivity contribution in [1.82, 2.24) is 4.98 Å². The lowest BCUT2D eigenvalue weighted by Gasteiger charge is -2.08. The van der Waals surface area contributed by atoms with Crippen molar-refractivity contribution in [1.29, 1.82) is 0 Å². The van der Waals surface area contributed by atoms with Gasteiger partial charge in [-0.3, -0.25) is 0 Å². The smallest absolute Gasteiger partial charge is 0.439 e. The second-order valence-corrected chi connectivity index (χ2v) is 4.25. The van der Waals surface area contributed by atoms with Gasteiger partial charge in [-0.2, -0.15) is 0 Å². The van der Waals surface area contributed by atoms with E-state index in [1.807, 2.05) is 37.3 Å². The summed E-state index contributed by atoms with van der Waals surface area (Å²) in [4.78, 5) is 4.18. The Balaban J connectivity index is 1.89. The van der Waals surface area contributed by atoms with E-state index in [4.69, 9.17) is 9.39 Å². The Morgan fingerprint density at radius 2 is 2.28 bits per heavy atom. The highest BCUT2D eigenvalue weighted by Gasteiger charge is 2.27. The molecule has 90 valence electrons. The summed E-state index contributed by atoms with van der Waals surface area (Å²) in [5.74, 6) is 1.30. The summed E-state index contributed by atoms with van der Waals surface area (Å²) < 4.78 is 10.9. The van der Waals surface area contributed by atoms with Gasteiger partial charge in [0.05, 0.1) is 6.61 Å². The van der Waals surface area contributed by atoms with E-state index in [1.54, 1.807) is 6.20 Å². The predicted octanol–water partition coefficient (Wildman–Crippen LogP) is 1.40. The first kappa shape index (κ1) is 11.3. The van der Waals surface area contributed by atoms with Gasteiger partial charge in [0.25, 0.3) is 0 Å². The maximum atomic E-state index is 9.53. The third-order valence-corrected chi connectivity index (χ3v) is 2.95. The van der Waals surface area contributed by atoms with Crippen molar-refractivity contribution in [2.45, 2.75) is 13.5 Å². The Morgan fingerprint density at radius 3 is 3.11 bits per heavy atom. The number of aromatic nitrogens is 1. The van der Waals surface area contributed by atoms with Crippen molar-refractivity contribution in [2.75, 3.05) is 0 Å². The molecule has 1 aromatic heterocycles. The minimum Gasteiger partial charge on any atom is -0.439 e. The zero-order valence-corrected chi connectivity index (χ0v) is 9.96. The topological polar surface area (TPSA) is 51.6 Å². The first-order chi connectivity index (χ1) is 8.74. The SMILES string of the molecule is Cc1cccnc1Oc1ccc2c(c1)COB2O. The summed E-state index contributed by atoms with van der Waals surface area (Å²) in [7, 11) is -0.814. The van der Waals surface area contributed by atoms with E-state index in [0.29, 0.717) is 18.2 Å². The maximum absolute atomic E-state index is 9.53. The van der Waals surface area contributed by atoms with Crippen LogP contribution in [0.3, 0.4) is 0 Å². The second kappa shape index (κ2) is 4.44. The molecule has 1 aliphatic rings. The Labute approximate surface area is 105 Å². The summed E-state index contributed by atoms with van der Waals surface area (Å²) in [5.41, 5.74) is 2.74. The van der Waals surface area contributed by atoms with Crippen LogP contribution in [0.4, 0.5) is 0 Å². The number of ether oxygens (including phenoxy) is 1. The summed E-state index contributed by atoms with van der Waals surface area (Å²) in [6.07, 6.45) is 1.70. The number of hydrogen-bond donors (Lipinski definition) is 1. The van der Waals surface area contributed by atoms with Gasteiger partial charge >= 0.3 is 7.12 Å². The molecule has 0 saturated carbocycles. The molecular weight excluding hydrogens is 229 g/mol. The van der Waals surface area contributed by atoms with Gasteiger partial charge in [0.15, 0.2) is 0 Å². The Kier molecular flexibility index (Phi) is 2.78. The number of nitrogens with zero attached hydrogens (tertiary/aromatic N) is 1. The summed E-state index contributed by atoms with van der Waals surface area (Å²) in [5, 5.41) is 9.53. The van der Waals surface area contributed by atoms with E-state index < -0.39 is 7.12 Å². The zero-order valence-electron chi connectivity index (χ0n) is 9.96. The minimum atomic E-state index is -0.814. The van der Waals surface area contributed by atoms with Crippen LogP contribution in [0.15, 0.2) is 36.5 Å². The molecule has 0 bridgehead atoms. The Bertz CT molecular complexity index is 588. The molecule has 3 rings (SSSR count). The molecule has 5 heteroatoms. The molecule has 0 spiro atoms. The molecule has 0 aliphatic carbocycles. The summed E-state index contributed by atoms with van der Waals surface area (Å²) in [6, 6.07) is 9.32. The molecule has 1 N–H and O–H groups in total. The molecule has 0 atom stereocenters. The highest BCUT2D eigenvalue weighted by atomic mass is 16.5. The molecule has 0 fully saturated rings. The van der Waals surface area contributed by atoms with E-state index in [2.05, 4.69) is 4.98 Å². The van der Waals surface area contributed by atoms with Crippen molar-refractivity contribution in [2.24, 2.45) is 0 Å². The number of fused-ring (bicyclic) bond motifs is 1. The fourth-order valence-corrected chi connectivity index (χ4v) is 1.96. The average molecular weight is 241 g/mol. The fourth-order valence-electron chi connectivity index (χ4n) is 1.96. The largest absolute Gasteiger partial charge is 0.491 e. The van der Waals surface area contributed by atoms with E-state index in [9.17, 15) is 5.02 Å². The quantitative estimate of drug-likeness (QED) is 0.807. The van der Waals surface area contributed by atoms with Crippen molar-refractivity contribution in [3.63, 3.8) is 0 Å². The van der Waals surface area contributed by atoms with Crippen LogP contribution < -0.4 is 10.2 Å². The van der Waals surface area contributed by atoms with Crippen molar-refractivity contribution >= 4 is 12.6 Å². The number of hydrogen-bond acceptors (Lipinski definition) is 4. The van der Waals surface area contributed by atoms with Crippen molar-refractivity contribution < 1.29 is 14.4 Å². The van der Waals surface area contributed by atoms with Gasteiger partial charge in [-0.1, -0.05) is 12.1 Å². The maximum Gasteiger partial charge on any atom is 0.491 e. The average Bonchev–Trinajstić information content (AvgIpc) is 2.74. The standard InChI is InChI=1S/C13H12BNO3/c1-9-3-2-6-15-13(9)18-11-4-5-12-10(7-11)8-17-14(12)16/h2-7,16H,8H2,1H3. The van der Waals surface area contributed by atoms with Crippen LogP contribution >= 0.6 is 0 Å². The Morgan fingerprint density at radius 1 is 1.39 bits per heavy atom. The van der Waals surface area contributed by atoms with E-state index in [-0.39, 0.29) is 0 Å². The zero-order chi connectivity index (χ0) is 12.5. The van der Waals surface area contributed by atoms with Crippen LogP contribution in [0.25, 0.3) is 0 Å². The number of benzene rings is 1. The van der Waals surface area contributed by atoms with E-state index in [0.717, 1.165) is 16.6 Å². The van der Waals surface area contributed by atoms with Gasteiger partial charge in [0, 0.05) is 11.8 Å². The molecule has 18 heavy (non-hydrogen) atoms. The predicted molar refractivity (Wildman–Crippen MR) is 67.9 cm³/mol. The van der Waals surface area contributed by atoms with Crippen LogP contribution in [0.2, 0.25) is 0 Å². The van der Waals surface area contributed by atoms with Crippen molar-refractivity contribution in [3.05, 3.63) is 47.7 Å². The fraction of sp³-hybridized carbons (Fsp3) is 0.154. The Hall–Kier alpha value is -1.85. The van der Waals surface area contributed by atoms with Crippen molar-refractivity contribution in [3.8, 4) is 11.6 Å². The number of rotatable bonds is 2. The third-order valence-electron chi connectivity index (χ3n) is 2.95. The first-order valence-corrected chi connectivity index (χ1v) is 5.76. The molecular formula is C13H12BNO3. The van der Waals surface area contributed by atoms with Crippen LogP contribution in [0, 0.1) is 6.92 Å². The molecule has 4 nitrogen and oxygen atoms in total. The molecule has 1 aliphatic heterocycles. The molecule has 2 heterocycles. The van der Waals surface area contributed by atoms with Crippen LogP contribution in [-0.4, -0.2) is 17.1 Å². The number of pyridine rings is 1. The van der Waals surface area contributed by atoms with Gasteiger partial charge in [-0.15, -0.1) is 0 Å². The van der Waals surface area contributed by atoms with Gasteiger partial charge in [0.2, 0.25) is 5.88 Å². The summed E-state index contributed by atoms with van der Waals surface area (Å²) >= 11 is 0. The third kappa shape index (κ3) is 1.98. The van der Waals surface area contributed by atoms with E-state index >= 15 is 0 Å². The van der Waals surface area contributed by atoms with Gasteiger partial charge < -0.3 is 14.4 Å². The monoisotopic (exact) mass is 241 g/mol. The van der Waals surface area contributed by atoms with E-state index in [1.165, 1.54) is 0 Å². The molecule has 1 aromatic carbocycles. The highest BCUT2D eigenvalue weighted by Crippen LogP contribution is 2.24. The van der Waals surface area contributed by atoms with Crippen LogP contribution in [-0.2, 0) is 11.3 Å². The second-order valence-electron chi connectivity index (χ2n) is 4.25. The lowest BCUT2D eigenvalue weighted by atomic mass is 9.80. The van der Waals surface area contributed by atoms with Crippen LogP contribution in [0.1, 0.15) is 11.1 Å². The molecule has 2 aromatic rings. The normalized spacial score (nSPS) is 13.6. The minimum absolute atomic E-state index is 0.412. The molecule has 0 amide bonds. The van der Waals surface area contributed by atoms with Crippen LogP contribution in [0.5, 0.6) is 11.6 Å². The highest BCUT2D eigenvalue weighted by molar-refractivity contribution is 6.61. The van der Waals surface area contributed by atoms with Gasteiger partial charge in [-0.05, 0) is 36.1 Å². The molecule has 0 radical (unpaired) electrons. The molecule has 0 unspecified atom stereocenters. The lowest BCUT2D eigenvalue weighted by Crippen LogP contribution is -2.27. The summed E-state index contributed by atoms with van der Waals surface area (Å²) in [6.45, 7) is 2.36. The number of aryl methyl sites for hydroxylation is 1. The van der Waals surface area contributed by atoms with Gasteiger partial charge in [-0.25, -0.2) is 4.98 Å². The lowest BCUT2D eigenvalue weighted by molar-refractivity contribution is 0.275. The first-order valence-electron chi connectivity index (χ1n) is 5.76. The van der Waals surface area contributed by atoms with Gasteiger partial charge in [0.1, 0.15) is 5.75 Å².